The van der Waals surface area contributed by atoms with Crippen molar-refractivity contribution in [1.29, 1.82) is 0 Å². The van der Waals surface area contributed by atoms with Gasteiger partial charge >= 0.3 is 5.56 Å². The lowest BCUT2D eigenvalue weighted by molar-refractivity contribution is 0.699. The fourth-order valence-electron chi connectivity index (χ4n) is 4.34. The summed E-state index contributed by atoms with van der Waals surface area (Å²) in [7, 11) is 0. The third-order valence-corrected chi connectivity index (χ3v) is 6.32. The molecular weight excluding hydrogens is 424 g/mol. The summed E-state index contributed by atoms with van der Waals surface area (Å²) in [5.74, 6) is 0. The summed E-state index contributed by atoms with van der Waals surface area (Å²) in [4.78, 5) is 13.4. The van der Waals surface area contributed by atoms with Crippen molar-refractivity contribution >= 4 is 10.9 Å². The molecule has 1 aromatic heterocycles. The number of nitrogens with zero attached hydrogens (tertiary/aromatic N) is 6. The second kappa shape index (κ2) is 7.81. The van der Waals surface area contributed by atoms with E-state index in [1.54, 1.807) is 6.20 Å². The van der Waals surface area contributed by atoms with Crippen LogP contribution in [-0.4, -0.2) is 29.3 Å². The Bertz CT molecular complexity index is 1660. The van der Waals surface area contributed by atoms with Gasteiger partial charge in [-0.25, -0.2) is 4.68 Å². The number of benzene rings is 3. The van der Waals surface area contributed by atoms with Crippen LogP contribution in [0.5, 0.6) is 0 Å². The third-order valence-electron chi connectivity index (χ3n) is 6.32. The molecule has 0 radical (unpaired) electrons. The van der Waals surface area contributed by atoms with Gasteiger partial charge in [0.25, 0.3) is 0 Å². The van der Waals surface area contributed by atoms with Crippen LogP contribution in [0.3, 0.4) is 0 Å². The van der Waals surface area contributed by atoms with Gasteiger partial charge in [-0.05, 0) is 60.9 Å². The van der Waals surface area contributed by atoms with Crippen molar-refractivity contribution in [2.24, 2.45) is 0 Å². The molecule has 7 nitrogen and oxygen atoms in total. The molecule has 0 unspecified atom stereocenters. The molecule has 0 atom stereocenters. The Morgan fingerprint density at radius 1 is 0.824 bits per heavy atom. The average Bonchev–Trinajstić information content (AvgIpc) is 3.51. The lowest BCUT2D eigenvalue weighted by Crippen LogP contribution is -2.18. The maximum absolute atomic E-state index is 13.4. The quantitative estimate of drug-likeness (QED) is 0.399. The number of rotatable bonds is 4. The first kappa shape index (κ1) is 20.1. The van der Waals surface area contributed by atoms with Crippen LogP contribution < -0.4 is 5.56 Å². The van der Waals surface area contributed by atoms with Crippen LogP contribution in [0.2, 0.25) is 0 Å². The molecule has 7 heteroatoms. The Kier molecular flexibility index (Phi) is 4.62. The third kappa shape index (κ3) is 3.21. The molecule has 6 rings (SSSR count). The first-order valence-corrected chi connectivity index (χ1v) is 11.1. The van der Waals surface area contributed by atoms with E-state index in [1.165, 1.54) is 4.68 Å². The second-order valence-electron chi connectivity index (χ2n) is 8.43. The molecule has 0 aliphatic carbocycles. The molecule has 166 valence electrons. The minimum absolute atomic E-state index is 0.211. The van der Waals surface area contributed by atoms with Crippen LogP contribution in [0.15, 0.2) is 90.0 Å². The fourth-order valence-corrected chi connectivity index (χ4v) is 4.34. The molecule has 0 fully saturated rings. The summed E-state index contributed by atoms with van der Waals surface area (Å²) < 4.78 is 5.19. The molecule has 0 saturated carbocycles. The zero-order valence-corrected chi connectivity index (χ0v) is 18.9. The van der Waals surface area contributed by atoms with Crippen LogP contribution in [0.1, 0.15) is 16.7 Å². The predicted molar refractivity (Wildman–Crippen MR) is 132 cm³/mol. The molecular formula is C27H22N6O. The van der Waals surface area contributed by atoms with Crippen LogP contribution >= 0.6 is 0 Å². The first-order chi connectivity index (χ1) is 16.6. The van der Waals surface area contributed by atoms with Crippen molar-refractivity contribution in [2.75, 3.05) is 0 Å². The smallest absolute Gasteiger partial charge is 0.265 e. The van der Waals surface area contributed by atoms with Gasteiger partial charge in [0.15, 0.2) is 5.69 Å². The van der Waals surface area contributed by atoms with Crippen molar-refractivity contribution in [3.63, 3.8) is 0 Å². The van der Waals surface area contributed by atoms with Gasteiger partial charge in [-0.2, -0.15) is 20.0 Å². The van der Waals surface area contributed by atoms with E-state index in [0.29, 0.717) is 17.9 Å². The van der Waals surface area contributed by atoms with Crippen molar-refractivity contribution in [3.8, 4) is 22.8 Å². The Labute approximate surface area is 195 Å². The molecule has 0 N–H and O–H groups in total. The van der Waals surface area contributed by atoms with E-state index in [4.69, 9.17) is 10.2 Å². The zero-order valence-electron chi connectivity index (χ0n) is 18.9. The topological polar surface area (TPSA) is 70.5 Å². The molecule has 2 aliphatic rings. The summed E-state index contributed by atoms with van der Waals surface area (Å²) >= 11 is 0. The highest BCUT2D eigenvalue weighted by atomic mass is 16.1. The highest BCUT2D eigenvalue weighted by Gasteiger charge is 2.23. The van der Waals surface area contributed by atoms with Gasteiger partial charge < -0.3 is 0 Å². The van der Waals surface area contributed by atoms with Gasteiger partial charge in [-0.3, -0.25) is 9.48 Å². The number of hydrogen-bond donors (Lipinski definition) is 0. The average molecular weight is 447 g/mol. The SMILES string of the molecule is Cc1cccc(-n2nc3c4ccccc4n(Cc4ccc(-n5cccn5)cc4)nc-3c2=O)c1C. The molecule has 0 spiro atoms. The summed E-state index contributed by atoms with van der Waals surface area (Å²) in [6.45, 7) is 4.57. The molecule has 0 saturated heterocycles. The number of aromatic nitrogens is 6. The summed E-state index contributed by atoms with van der Waals surface area (Å²) in [6, 6.07) is 23.9. The molecule has 0 amide bonds. The molecule has 4 aromatic rings. The Morgan fingerprint density at radius 2 is 1.65 bits per heavy atom. The number of hydrogen-bond acceptors (Lipinski definition) is 4. The van der Waals surface area contributed by atoms with E-state index in [1.807, 2.05) is 90.1 Å². The van der Waals surface area contributed by atoms with Crippen LogP contribution in [-0.2, 0) is 6.54 Å². The number of aryl methyl sites for hydroxylation is 1. The van der Waals surface area contributed by atoms with Crippen molar-refractivity contribution < 1.29 is 0 Å². The normalized spacial score (nSPS) is 11.5. The number of fused-ring (bicyclic) bond motifs is 3. The standard InChI is InChI=1S/C27H22N6O/c1-18-7-5-10-23(19(18)2)33-27(34)26-25(30-33)22-8-3-4-9-24(22)32(29-26)17-20-11-13-21(14-12-20)31-16-6-15-28-31/h3-16H,17H2,1-2H3. The van der Waals surface area contributed by atoms with E-state index >= 15 is 0 Å². The largest absolute Gasteiger partial charge is 0.301 e. The Hall–Kier alpha value is -4.52. The van der Waals surface area contributed by atoms with E-state index in [0.717, 1.165) is 39.0 Å². The molecule has 2 aliphatic heterocycles. The fraction of sp³-hybridized carbons (Fsp3) is 0.111. The summed E-state index contributed by atoms with van der Waals surface area (Å²) in [6.07, 6.45) is 3.67. The highest BCUT2D eigenvalue weighted by Crippen LogP contribution is 2.27. The van der Waals surface area contributed by atoms with E-state index in [-0.39, 0.29) is 5.56 Å². The van der Waals surface area contributed by atoms with Crippen LogP contribution in [0.25, 0.3) is 33.7 Å². The molecule has 34 heavy (non-hydrogen) atoms. The van der Waals surface area contributed by atoms with Crippen LogP contribution in [0.4, 0.5) is 0 Å². The second-order valence-corrected chi connectivity index (χ2v) is 8.43. The molecule has 0 bridgehead atoms. The Morgan fingerprint density at radius 3 is 2.44 bits per heavy atom. The van der Waals surface area contributed by atoms with Gasteiger partial charge in [0.05, 0.1) is 23.4 Å². The first-order valence-electron chi connectivity index (χ1n) is 11.1. The maximum Gasteiger partial charge on any atom is 0.301 e. The number of para-hydroxylation sites is 1. The summed E-state index contributed by atoms with van der Waals surface area (Å²) in [5, 5.41) is 14.7. The maximum atomic E-state index is 13.4. The van der Waals surface area contributed by atoms with Crippen molar-refractivity contribution in [1.82, 2.24) is 29.3 Å². The lowest BCUT2D eigenvalue weighted by atomic mass is 10.1. The minimum Gasteiger partial charge on any atom is -0.265 e. The minimum atomic E-state index is -0.211. The zero-order chi connectivity index (χ0) is 23.2. The van der Waals surface area contributed by atoms with E-state index < -0.39 is 0 Å². The van der Waals surface area contributed by atoms with Gasteiger partial charge in [0.2, 0.25) is 0 Å². The molecule has 3 aromatic carbocycles. The Balaban J connectivity index is 1.49. The highest BCUT2D eigenvalue weighted by molar-refractivity contribution is 5.92. The van der Waals surface area contributed by atoms with E-state index in [2.05, 4.69) is 17.2 Å². The molecule has 3 heterocycles. The van der Waals surface area contributed by atoms with E-state index in [9.17, 15) is 4.79 Å². The van der Waals surface area contributed by atoms with Gasteiger partial charge in [-0.1, -0.05) is 42.5 Å². The van der Waals surface area contributed by atoms with Gasteiger partial charge in [-0.15, -0.1) is 0 Å². The van der Waals surface area contributed by atoms with Crippen molar-refractivity contribution in [3.05, 3.63) is 112 Å². The van der Waals surface area contributed by atoms with Crippen molar-refractivity contribution in [2.45, 2.75) is 20.4 Å². The summed E-state index contributed by atoms with van der Waals surface area (Å²) in [5.41, 5.74) is 6.70. The van der Waals surface area contributed by atoms with Gasteiger partial charge in [0, 0.05) is 17.8 Å². The lowest BCUT2D eigenvalue weighted by Gasteiger charge is -2.12. The van der Waals surface area contributed by atoms with Crippen LogP contribution in [0, 0.1) is 13.8 Å². The monoisotopic (exact) mass is 446 g/mol. The predicted octanol–water partition coefficient (Wildman–Crippen LogP) is 4.54. The van der Waals surface area contributed by atoms with Gasteiger partial charge in [0.1, 0.15) is 5.69 Å².